The summed E-state index contributed by atoms with van der Waals surface area (Å²) in [5, 5.41) is 9.33. The summed E-state index contributed by atoms with van der Waals surface area (Å²) in [6, 6.07) is 5.23. The van der Waals surface area contributed by atoms with Crippen LogP contribution in [-0.4, -0.2) is 70.4 Å². The molecule has 0 radical (unpaired) electrons. The van der Waals surface area contributed by atoms with Crippen LogP contribution in [0.25, 0.3) is 0 Å². The molecule has 9 nitrogen and oxygen atoms in total. The largest absolute Gasteiger partial charge is 0.523 e. The third kappa shape index (κ3) is 4.21. The zero-order valence-corrected chi connectivity index (χ0v) is 20.0. The molecule has 0 aromatic carbocycles. The predicted octanol–water partition coefficient (Wildman–Crippen LogP) is 3.28. The van der Waals surface area contributed by atoms with Crippen LogP contribution in [0.2, 0.25) is 0 Å². The molecule has 36 heavy (non-hydrogen) atoms. The summed E-state index contributed by atoms with van der Waals surface area (Å²) >= 11 is 0. The number of nitriles is 1. The van der Waals surface area contributed by atoms with Gasteiger partial charge in [0, 0.05) is 49.4 Å². The first-order chi connectivity index (χ1) is 17.1. The molecular formula is C24H26F3N7O2. The van der Waals surface area contributed by atoms with E-state index in [2.05, 4.69) is 30.7 Å². The Labute approximate surface area is 206 Å². The van der Waals surface area contributed by atoms with E-state index in [1.165, 1.54) is 11.2 Å². The van der Waals surface area contributed by atoms with E-state index in [9.17, 15) is 23.2 Å². The fourth-order valence-electron chi connectivity index (χ4n) is 5.54. The van der Waals surface area contributed by atoms with Crippen molar-refractivity contribution in [1.29, 1.82) is 5.26 Å². The highest BCUT2D eigenvalue weighted by Crippen LogP contribution is 2.56. The van der Waals surface area contributed by atoms with Gasteiger partial charge in [0.1, 0.15) is 29.9 Å². The van der Waals surface area contributed by atoms with Gasteiger partial charge in [0.15, 0.2) is 0 Å². The minimum Gasteiger partial charge on any atom is -0.352 e. The predicted molar refractivity (Wildman–Crippen MR) is 124 cm³/mol. The highest BCUT2D eigenvalue weighted by Gasteiger charge is 2.51. The number of hydrogen-bond donors (Lipinski definition) is 0. The maximum atomic E-state index is 12.6. The number of alkyl halides is 3. The minimum absolute atomic E-state index is 0.124. The van der Waals surface area contributed by atoms with Crippen molar-refractivity contribution in [3.63, 3.8) is 0 Å². The lowest BCUT2D eigenvalue weighted by molar-refractivity contribution is -0.336. The Balaban J connectivity index is 1.41. The van der Waals surface area contributed by atoms with Crippen LogP contribution < -0.4 is 9.80 Å². The molecular weight excluding hydrogens is 475 g/mol. The van der Waals surface area contributed by atoms with Gasteiger partial charge in [0.2, 0.25) is 0 Å². The van der Waals surface area contributed by atoms with Crippen molar-refractivity contribution < 1.29 is 22.7 Å². The Morgan fingerprint density at radius 2 is 2.00 bits per heavy atom. The van der Waals surface area contributed by atoms with E-state index in [4.69, 9.17) is 0 Å². The molecule has 1 saturated carbocycles. The highest BCUT2D eigenvalue weighted by molar-refractivity contribution is 5.81. The van der Waals surface area contributed by atoms with E-state index in [-0.39, 0.29) is 18.0 Å². The zero-order valence-electron chi connectivity index (χ0n) is 20.0. The standard InChI is InChI=1S/C24H26F3N7O2/c1-15-12-32(8-9-33(15)22(35)16(2)36-24(25,26)27)20-19-21(31-14-30-20)34(13-23(19)5-3-6-23)18-10-17(11-28)4-7-29-18/h4,7,10,14-16H,3,5-6,8-9,12-13H2,1-2H3. The molecule has 5 rings (SSSR count). The van der Waals surface area contributed by atoms with E-state index in [0.29, 0.717) is 31.0 Å². The van der Waals surface area contributed by atoms with Crippen LogP contribution in [-0.2, 0) is 14.9 Å². The Hall–Kier alpha value is -3.46. The maximum absolute atomic E-state index is 12.6. The number of carbonyl (C=O) groups excluding carboxylic acids is 1. The number of anilines is 3. The Bertz CT molecular complexity index is 1210. The van der Waals surface area contributed by atoms with E-state index >= 15 is 0 Å². The lowest BCUT2D eigenvalue weighted by Gasteiger charge is -2.44. The first-order valence-corrected chi connectivity index (χ1v) is 11.9. The number of rotatable bonds is 4. The number of carbonyl (C=O) groups is 1. The molecule has 2 unspecified atom stereocenters. The molecule has 2 atom stereocenters. The number of hydrogen-bond acceptors (Lipinski definition) is 8. The first kappa shape index (κ1) is 24.2. The summed E-state index contributed by atoms with van der Waals surface area (Å²) in [6.07, 6.45) is -0.303. The van der Waals surface area contributed by atoms with Gasteiger partial charge in [0.25, 0.3) is 5.91 Å². The Kier molecular flexibility index (Phi) is 5.98. The van der Waals surface area contributed by atoms with Gasteiger partial charge in [-0.3, -0.25) is 9.53 Å². The minimum atomic E-state index is -4.87. The van der Waals surface area contributed by atoms with Crippen molar-refractivity contribution in [3.05, 3.63) is 35.8 Å². The van der Waals surface area contributed by atoms with Gasteiger partial charge in [-0.15, -0.1) is 13.2 Å². The van der Waals surface area contributed by atoms with Crippen molar-refractivity contribution in [3.8, 4) is 6.07 Å². The monoisotopic (exact) mass is 501 g/mol. The number of piperazine rings is 1. The number of nitrogens with zero attached hydrogens (tertiary/aromatic N) is 7. The van der Waals surface area contributed by atoms with Gasteiger partial charge >= 0.3 is 6.36 Å². The number of halogens is 3. The van der Waals surface area contributed by atoms with Gasteiger partial charge in [-0.05, 0) is 38.8 Å². The first-order valence-electron chi connectivity index (χ1n) is 11.9. The average Bonchev–Trinajstić information content (AvgIpc) is 3.19. The smallest absolute Gasteiger partial charge is 0.352 e. The second kappa shape index (κ2) is 8.89. The van der Waals surface area contributed by atoms with Gasteiger partial charge in [-0.25, -0.2) is 15.0 Å². The average molecular weight is 502 g/mol. The summed E-state index contributed by atoms with van der Waals surface area (Å²) in [6.45, 7) is 4.73. The van der Waals surface area contributed by atoms with Gasteiger partial charge in [-0.2, -0.15) is 5.26 Å². The molecule has 0 bridgehead atoms. The van der Waals surface area contributed by atoms with E-state index in [1.807, 2.05) is 11.8 Å². The number of fused-ring (bicyclic) bond motifs is 2. The van der Waals surface area contributed by atoms with Crippen LogP contribution in [0.3, 0.4) is 0 Å². The summed E-state index contributed by atoms with van der Waals surface area (Å²) < 4.78 is 41.8. The van der Waals surface area contributed by atoms with Crippen LogP contribution in [0, 0.1) is 11.3 Å². The molecule has 2 aromatic heterocycles. The van der Waals surface area contributed by atoms with Gasteiger partial charge < -0.3 is 14.7 Å². The van der Waals surface area contributed by atoms with Gasteiger partial charge in [-0.1, -0.05) is 6.42 Å². The summed E-state index contributed by atoms with van der Waals surface area (Å²) in [5.74, 6) is 1.53. The van der Waals surface area contributed by atoms with Crippen molar-refractivity contribution in [2.75, 3.05) is 36.0 Å². The third-order valence-corrected chi connectivity index (χ3v) is 7.38. The molecule has 1 saturated heterocycles. The second-order valence-corrected chi connectivity index (χ2v) is 9.66. The maximum Gasteiger partial charge on any atom is 0.523 e. The lowest BCUT2D eigenvalue weighted by atomic mass is 9.66. The Morgan fingerprint density at radius 3 is 2.64 bits per heavy atom. The van der Waals surface area contributed by atoms with Crippen LogP contribution in [0.4, 0.5) is 30.6 Å². The summed E-state index contributed by atoms with van der Waals surface area (Å²) in [7, 11) is 0. The quantitative estimate of drug-likeness (QED) is 0.630. The summed E-state index contributed by atoms with van der Waals surface area (Å²) in [4.78, 5) is 31.9. The topological polar surface area (TPSA) is 98.5 Å². The fraction of sp³-hybridized carbons (Fsp3) is 0.542. The Morgan fingerprint density at radius 1 is 1.25 bits per heavy atom. The number of amides is 1. The second-order valence-electron chi connectivity index (χ2n) is 9.66. The van der Waals surface area contributed by atoms with E-state index in [1.54, 1.807) is 18.3 Å². The molecule has 1 spiro atoms. The molecule has 1 aliphatic carbocycles. The van der Waals surface area contributed by atoms with Crippen molar-refractivity contribution in [1.82, 2.24) is 19.9 Å². The molecule has 12 heteroatoms. The molecule has 4 heterocycles. The van der Waals surface area contributed by atoms with Crippen molar-refractivity contribution in [2.24, 2.45) is 0 Å². The molecule has 2 fully saturated rings. The molecule has 2 aliphatic heterocycles. The molecule has 3 aliphatic rings. The lowest BCUT2D eigenvalue weighted by Crippen LogP contribution is -2.57. The molecule has 0 N–H and O–H groups in total. The van der Waals surface area contributed by atoms with Crippen molar-refractivity contribution >= 4 is 23.4 Å². The van der Waals surface area contributed by atoms with Crippen LogP contribution in [0.15, 0.2) is 24.7 Å². The number of pyridine rings is 1. The molecule has 1 amide bonds. The van der Waals surface area contributed by atoms with Crippen LogP contribution >= 0.6 is 0 Å². The summed E-state index contributed by atoms with van der Waals surface area (Å²) in [5.41, 5.74) is 1.44. The third-order valence-electron chi connectivity index (χ3n) is 7.38. The molecule has 2 aromatic rings. The molecule has 190 valence electrons. The normalized spacial score (nSPS) is 21.7. The van der Waals surface area contributed by atoms with E-state index < -0.39 is 18.4 Å². The van der Waals surface area contributed by atoms with Crippen LogP contribution in [0.5, 0.6) is 0 Å². The highest BCUT2D eigenvalue weighted by atomic mass is 19.4. The zero-order chi connectivity index (χ0) is 25.7. The van der Waals surface area contributed by atoms with Gasteiger partial charge in [0.05, 0.1) is 11.6 Å². The van der Waals surface area contributed by atoms with Crippen molar-refractivity contribution in [2.45, 2.75) is 57.0 Å². The fourth-order valence-corrected chi connectivity index (χ4v) is 5.54. The van der Waals surface area contributed by atoms with Crippen LogP contribution in [0.1, 0.15) is 44.2 Å². The number of ether oxygens (including phenoxy) is 1. The van der Waals surface area contributed by atoms with E-state index in [0.717, 1.165) is 43.4 Å². The number of aromatic nitrogens is 3. The SMILES string of the molecule is CC(OC(F)(F)F)C(=O)N1CCN(c2ncnc3c2C2(CCC2)CN3c2cc(C#N)ccn2)CC1C.